The van der Waals surface area contributed by atoms with Crippen LogP contribution in [0.3, 0.4) is 0 Å². The van der Waals surface area contributed by atoms with Gasteiger partial charge in [-0.15, -0.1) is 0 Å². The number of carboxylic acids is 1. The number of halogens is 1. The van der Waals surface area contributed by atoms with E-state index in [-0.39, 0.29) is 0 Å². The quantitative estimate of drug-likeness (QED) is 0.829. The molecule has 0 saturated carbocycles. The van der Waals surface area contributed by atoms with Crippen LogP contribution in [0.1, 0.15) is 24.0 Å². The van der Waals surface area contributed by atoms with E-state index in [0.717, 1.165) is 16.5 Å². The van der Waals surface area contributed by atoms with E-state index in [0.29, 0.717) is 0 Å². The maximum absolute atomic E-state index is 10.7. The maximum atomic E-state index is 10.7. The fourth-order valence-electron chi connectivity index (χ4n) is 1.09. The lowest BCUT2D eigenvalue weighted by Crippen LogP contribution is -2.07. The summed E-state index contributed by atoms with van der Waals surface area (Å²) in [7, 11) is 0. The van der Waals surface area contributed by atoms with Gasteiger partial charge in [-0.25, -0.2) is 0 Å². The van der Waals surface area contributed by atoms with Crippen molar-refractivity contribution >= 4 is 21.9 Å². The highest BCUT2D eigenvalue weighted by Gasteiger charge is 2.12. The molecule has 2 nitrogen and oxygen atoms in total. The van der Waals surface area contributed by atoms with Crippen molar-refractivity contribution in [2.45, 2.75) is 18.2 Å². The highest BCUT2D eigenvalue weighted by atomic mass is 79.9. The van der Waals surface area contributed by atoms with Crippen LogP contribution in [0.25, 0.3) is 0 Å². The highest BCUT2D eigenvalue weighted by molar-refractivity contribution is 9.08. The van der Waals surface area contributed by atoms with Crippen molar-refractivity contribution in [1.29, 1.82) is 0 Å². The van der Waals surface area contributed by atoms with Crippen molar-refractivity contribution in [1.82, 2.24) is 0 Å². The van der Waals surface area contributed by atoms with Gasteiger partial charge >= 0.3 is 5.97 Å². The highest BCUT2D eigenvalue weighted by Crippen LogP contribution is 2.17. The Labute approximate surface area is 85.7 Å². The van der Waals surface area contributed by atoms with Crippen molar-refractivity contribution in [3.63, 3.8) is 0 Å². The minimum Gasteiger partial charge on any atom is -0.481 e. The Balaban J connectivity index is 2.94. The van der Waals surface area contributed by atoms with Crippen molar-refractivity contribution in [3.8, 4) is 0 Å². The van der Waals surface area contributed by atoms with Gasteiger partial charge in [0.2, 0.25) is 0 Å². The smallest absolute Gasteiger partial charge is 0.310 e. The second-order valence-corrected chi connectivity index (χ2v) is 3.50. The number of hydrogen-bond donors (Lipinski definition) is 1. The zero-order valence-corrected chi connectivity index (χ0v) is 8.91. The Morgan fingerprint density at radius 2 is 2.31 bits per heavy atom. The van der Waals surface area contributed by atoms with Gasteiger partial charge in [0.15, 0.2) is 0 Å². The predicted molar refractivity (Wildman–Crippen MR) is 55.1 cm³/mol. The summed E-state index contributed by atoms with van der Waals surface area (Å²) in [5.41, 5.74) is 1.95. The number of aliphatic carboxylic acids is 1. The van der Waals surface area contributed by atoms with Crippen LogP contribution in [-0.4, -0.2) is 11.1 Å². The van der Waals surface area contributed by atoms with E-state index in [1.807, 2.05) is 24.3 Å². The number of carbonyl (C=O) groups is 1. The number of alkyl halides is 1. The number of rotatable bonds is 3. The van der Waals surface area contributed by atoms with E-state index in [9.17, 15) is 4.79 Å². The summed E-state index contributed by atoms with van der Waals surface area (Å²) in [5, 5.41) is 9.54. The van der Waals surface area contributed by atoms with Crippen LogP contribution >= 0.6 is 15.9 Å². The van der Waals surface area contributed by atoms with E-state index < -0.39 is 11.9 Å². The second kappa shape index (κ2) is 4.42. The predicted octanol–water partition coefficient (Wildman–Crippen LogP) is 2.77. The lowest BCUT2D eigenvalue weighted by atomic mass is 10.00. The molecule has 1 N–H and O–H groups in total. The molecule has 0 aromatic heterocycles. The van der Waals surface area contributed by atoms with E-state index in [4.69, 9.17) is 5.11 Å². The van der Waals surface area contributed by atoms with Gasteiger partial charge in [0.25, 0.3) is 0 Å². The summed E-state index contributed by atoms with van der Waals surface area (Å²) < 4.78 is 0. The molecule has 1 atom stereocenters. The molecule has 70 valence electrons. The normalized spacial score (nSPS) is 12.5. The first kappa shape index (κ1) is 10.3. The van der Waals surface area contributed by atoms with E-state index in [1.165, 1.54) is 0 Å². The summed E-state index contributed by atoms with van der Waals surface area (Å²) in [6.07, 6.45) is 0. The first-order chi connectivity index (χ1) is 6.15. The summed E-state index contributed by atoms with van der Waals surface area (Å²) >= 11 is 3.33. The molecule has 0 bridgehead atoms. The van der Waals surface area contributed by atoms with Crippen LogP contribution in [0.4, 0.5) is 0 Å². The molecule has 0 radical (unpaired) electrons. The summed E-state index contributed by atoms with van der Waals surface area (Å²) in [5.74, 6) is -1.22. The minimum atomic E-state index is -0.785. The van der Waals surface area contributed by atoms with Gasteiger partial charge in [-0.3, -0.25) is 4.79 Å². The van der Waals surface area contributed by atoms with E-state index in [2.05, 4.69) is 15.9 Å². The fraction of sp³-hybridized carbons (Fsp3) is 0.300. The van der Waals surface area contributed by atoms with Crippen LogP contribution in [-0.2, 0) is 10.1 Å². The molecule has 0 heterocycles. The summed E-state index contributed by atoms with van der Waals surface area (Å²) in [6.45, 7) is 1.69. The first-order valence-corrected chi connectivity index (χ1v) is 5.15. The second-order valence-electron chi connectivity index (χ2n) is 2.94. The lowest BCUT2D eigenvalue weighted by molar-refractivity contribution is -0.138. The molecule has 1 aromatic rings. The number of benzene rings is 1. The number of carboxylic acid groups (broad SMARTS) is 1. The Bertz CT molecular complexity index is 310. The first-order valence-electron chi connectivity index (χ1n) is 4.02. The average Bonchev–Trinajstić information content (AvgIpc) is 2.16. The molecule has 0 spiro atoms. The molecule has 0 unspecified atom stereocenters. The molecule has 13 heavy (non-hydrogen) atoms. The van der Waals surface area contributed by atoms with E-state index >= 15 is 0 Å². The Morgan fingerprint density at radius 1 is 1.62 bits per heavy atom. The van der Waals surface area contributed by atoms with Gasteiger partial charge < -0.3 is 5.11 Å². The molecule has 0 aliphatic rings. The van der Waals surface area contributed by atoms with Gasteiger partial charge in [0.1, 0.15) is 0 Å². The van der Waals surface area contributed by atoms with Crippen molar-refractivity contribution in [2.75, 3.05) is 0 Å². The monoisotopic (exact) mass is 242 g/mol. The van der Waals surface area contributed by atoms with E-state index in [1.54, 1.807) is 6.92 Å². The van der Waals surface area contributed by atoms with Gasteiger partial charge in [0, 0.05) is 5.33 Å². The zero-order chi connectivity index (χ0) is 9.84. The Hall–Kier alpha value is -0.830. The molecule has 0 fully saturated rings. The van der Waals surface area contributed by atoms with Crippen LogP contribution < -0.4 is 0 Å². The molecule has 0 amide bonds. The molecule has 0 saturated heterocycles. The third-order valence-corrected chi connectivity index (χ3v) is 2.62. The van der Waals surface area contributed by atoms with Gasteiger partial charge in [0.05, 0.1) is 5.92 Å². The molecular weight excluding hydrogens is 232 g/mol. The fourth-order valence-corrected chi connectivity index (χ4v) is 1.44. The van der Waals surface area contributed by atoms with Crippen LogP contribution in [0, 0.1) is 0 Å². The summed E-state index contributed by atoms with van der Waals surface area (Å²) in [6, 6.07) is 7.59. The lowest BCUT2D eigenvalue weighted by Gasteiger charge is -2.07. The minimum absolute atomic E-state index is 0.431. The zero-order valence-electron chi connectivity index (χ0n) is 7.33. The third kappa shape index (κ3) is 2.56. The van der Waals surface area contributed by atoms with Gasteiger partial charge in [-0.05, 0) is 18.1 Å². The standard InChI is InChI=1S/C10H11BrO2/c1-7(10(12)13)9-4-2-3-8(5-9)6-11/h2-5,7H,6H2,1H3,(H,12,13)/t7-/m1/s1. The van der Waals surface area contributed by atoms with Gasteiger partial charge in [-0.1, -0.05) is 40.2 Å². The molecule has 3 heteroatoms. The molecular formula is C10H11BrO2. The van der Waals surface area contributed by atoms with Crippen molar-refractivity contribution in [3.05, 3.63) is 35.4 Å². The van der Waals surface area contributed by atoms with Gasteiger partial charge in [-0.2, -0.15) is 0 Å². The van der Waals surface area contributed by atoms with Crippen LogP contribution in [0.5, 0.6) is 0 Å². The molecule has 1 rings (SSSR count). The number of hydrogen-bond acceptors (Lipinski definition) is 1. The van der Waals surface area contributed by atoms with Crippen molar-refractivity contribution < 1.29 is 9.90 Å². The largest absolute Gasteiger partial charge is 0.481 e. The summed E-state index contributed by atoms with van der Waals surface area (Å²) in [4.78, 5) is 10.7. The SMILES string of the molecule is C[C@@H](C(=O)O)c1cccc(CBr)c1. The van der Waals surface area contributed by atoms with Crippen LogP contribution in [0.15, 0.2) is 24.3 Å². The average molecular weight is 243 g/mol. The molecule has 0 aliphatic carbocycles. The van der Waals surface area contributed by atoms with Crippen molar-refractivity contribution in [2.24, 2.45) is 0 Å². The maximum Gasteiger partial charge on any atom is 0.310 e. The third-order valence-electron chi connectivity index (χ3n) is 1.98. The molecule has 1 aromatic carbocycles. The van der Waals surface area contributed by atoms with Crippen LogP contribution in [0.2, 0.25) is 0 Å². The Kier molecular flexibility index (Phi) is 3.48. The molecule has 0 aliphatic heterocycles. The topological polar surface area (TPSA) is 37.3 Å². The Morgan fingerprint density at radius 3 is 2.85 bits per heavy atom.